The van der Waals surface area contributed by atoms with E-state index < -0.39 is 0 Å². The third-order valence-electron chi connectivity index (χ3n) is 7.04. The minimum absolute atomic E-state index is 0.583. The lowest BCUT2D eigenvalue weighted by molar-refractivity contribution is 0.366. The maximum atomic E-state index is 4.18. The summed E-state index contributed by atoms with van der Waals surface area (Å²) in [5.41, 5.74) is 8.09. The zero-order valence-electron chi connectivity index (χ0n) is 20.9. The molecule has 0 saturated heterocycles. The summed E-state index contributed by atoms with van der Waals surface area (Å²) in [6.07, 6.45) is 5.64. The Balaban J connectivity index is 1.89. The molecule has 2 nitrogen and oxygen atoms in total. The molecular weight excluding hydrogens is 388 g/mol. The van der Waals surface area contributed by atoms with E-state index in [1.807, 2.05) is 0 Å². The fourth-order valence-electron chi connectivity index (χ4n) is 4.66. The van der Waals surface area contributed by atoms with Crippen LogP contribution in [0.5, 0.6) is 0 Å². The number of rotatable bonds is 12. The molecule has 0 aliphatic carbocycles. The van der Waals surface area contributed by atoms with Crippen molar-refractivity contribution < 1.29 is 0 Å². The van der Waals surface area contributed by atoms with Crippen molar-refractivity contribution in [2.75, 3.05) is 6.54 Å². The van der Waals surface area contributed by atoms with Crippen LogP contribution in [0, 0.1) is 12.8 Å². The minimum Gasteiger partial charge on any atom is -0.344 e. The maximum absolute atomic E-state index is 4.18. The molecule has 2 atom stereocenters. The molecule has 32 heavy (non-hydrogen) atoms. The van der Waals surface area contributed by atoms with Gasteiger partial charge < -0.3 is 9.88 Å². The molecule has 0 aliphatic rings. The van der Waals surface area contributed by atoms with Crippen LogP contribution in [0.4, 0.5) is 0 Å². The standard InChI is InChI=1S/C30H42N2/c1-7-12-26(20-31-23(5)9-3)21-32-24(6)29(28-13-10-11-14-30(28)32)19-25-15-17-27(18-16-25)22(4)8-2/h10-11,13-18,23,26,31H,4,7-9,12,19-21H2,1-3,5-6H3. The summed E-state index contributed by atoms with van der Waals surface area (Å²) in [7, 11) is 0. The first-order chi connectivity index (χ1) is 15.5. The second kappa shape index (κ2) is 11.5. The highest BCUT2D eigenvalue weighted by molar-refractivity contribution is 5.86. The quantitative estimate of drug-likeness (QED) is 0.310. The first kappa shape index (κ1) is 24.3. The van der Waals surface area contributed by atoms with Crippen molar-refractivity contribution in [3.05, 3.63) is 77.5 Å². The average molecular weight is 431 g/mol. The third-order valence-corrected chi connectivity index (χ3v) is 7.04. The van der Waals surface area contributed by atoms with Gasteiger partial charge in [-0.05, 0) is 80.3 Å². The molecule has 1 aromatic heterocycles. The number of hydrogen-bond acceptors (Lipinski definition) is 1. The Morgan fingerprint density at radius 3 is 2.41 bits per heavy atom. The summed E-state index contributed by atoms with van der Waals surface area (Å²) < 4.78 is 2.58. The van der Waals surface area contributed by atoms with Gasteiger partial charge >= 0.3 is 0 Å². The van der Waals surface area contributed by atoms with Gasteiger partial charge in [-0.3, -0.25) is 0 Å². The van der Waals surface area contributed by atoms with E-state index in [1.54, 1.807) is 0 Å². The summed E-state index contributed by atoms with van der Waals surface area (Å²) in [5, 5.41) is 5.15. The van der Waals surface area contributed by atoms with Crippen molar-refractivity contribution in [3.8, 4) is 0 Å². The zero-order chi connectivity index (χ0) is 23.1. The van der Waals surface area contributed by atoms with Gasteiger partial charge in [-0.25, -0.2) is 0 Å². The van der Waals surface area contributed by atoms with Crippen molar-refractivity contribution in [2.24, 2.45) is 5.92 Å². The normalized spacial score (nSPS) is 13.4. The SMILES string of the molecule is C=C(CC)c1ccc(Cc2c(C)n(CC(CCC)CNC(C)CC)c3ccccc23)cc1. The number of nitrogens with one attached hydrogen (secondary N) is 1. The molecule has 0 aliphatic heterocycles. The lowest BCUT2D eigenvalue weighted by Crippen LogP contribution is -2.32. The molecule has 1 N–H and O–H groups in total. The largest absolute Gasteiger partial charge is 0.344 e. The summed E-state index contributed by atoms with van der Waals surface area (Å²) in [5.74, 6) is 0.649. The van der Waals surface area contributed by atoms with Crippen molar-refractivity contribution in [3.63, 3.8) is 0 Å². The van der Waals surface area contributed by atoms with E-state index >= 15 is 0 Å². The molecule has 0 fully saturated rings. The fraction of sp³-hybridized carbons (Fsp3) is 0.467. The van der Waals surface area contributed by atoms with Crippen molar-refractivity contribution in [2.45, 2.75) is 79.3 Å². The van der Waals surface area contributed by atoms with Crippen LogP contribution >= 0.6 is 0 Å². The molecule has 1 heterocycles. The summed E-state index contributed by atoms with van der Waals surface area (Å²) in [6.45, 7) is 17.7. The van der Waals surface area contributed by atoms with Crippen molar-refractivity contribution >= 4 is 16.5 Å². The third kappa shape index (κ3) is 5.72. The van der Waals surface area contributed by atoms with Crippen molar-refractivity contribution in [1.82, 2.24) is 9.88 Å². The number of fused-ring (bicyclic) bond motifs is 1. The number of hydrogen-bond donors (Lipinski definition) is 1. The first-order valence-electron chi connectivity index (χ1n) is 12.6. The molecule has 0 saturated carbocycles. The Hall–Kier alpha value is -2.32. The lowest BCUT2D eigenvalue weighted by Gasteiger charge is -2.22. The molecule has 2 unspecified atom stereocenters. The van der Waals surface area contributed by atoms with Crippen LogP contribution in [-0.4, -0.2) is 17.2 Å². The van der Waals surface area contributed by atoms with Gasteiger partial charge in [0, 0.05) is 29.2 Å². The second-order valence-corrected chi connectivity index (χ2v) is 9.39. The maximum Gasteiger partial charge on any atom is 0.0485 e. The molecule has 3 aromatic rings. The highest BCUT2D eigenvalue weighted by atomic mass is 15.0. The van der Waals surface area contributed by atoms with E-state index in [-0.39, 0.29) is 0 Å². The average Bonchev–Trinajstić information content (AvgIpc) is 3.08. The number of para-hydroxylation sites is 1. The van der Waals surface area contributed by atoms with Crippen LogP contribution in [0.3, 0.4) is 0 Å². The fourth-order valence-corrected chi connectivity index (χ4v) is 4.66. The van der Waals surface area contributed by atoms with E-state index in [0.717, 1.165) is 25.9 Å². The van der Waals surface area contributed by atoms with E-state index in [4.69, 9.17) is 0 Å². The molecule has 3 rings (SSSR count). The topological polar surface area (TPSA) is 17.0 Å². The Labute approximate surface area is 195 Å². The highest BCUT2D eigenvalue weighted by Crippen LogP contribution is 2.30. The van der Waals surface area contributed by atoms with Gasteiger partial charge in [0.15, 0.2) is 0 Å². The molecule has 0 amide bonds. The molecule has 0 radical (unpaired) electrons. The van der Waals surface area contributed by atoms with E-state index in [2.05, 4.69) is 99.6 Å². The van der Waals surface area contributed by atoms with Crippen LogP contribution in [0.2, 0.25) is 0 Å². The number of aromatic nitrogens is 1. The van der Waals surface area contributed by atoms with Crippen molar-refractivity contribution in [1.29, 1.82) is 0 Å². The molecule has 2 aromatic carbocycles. The Bertz CT molecular complexity index is 1010. The molecule has 2 heteroatoms. The summed E-state index contributed by atoms with van der Waals surface area (Å²) in [6, 6.07) is 18.5. The number of nitrogens with zero attached hydrogens (tertiary/aromatic N) is 1. The predicted octanol–water partition coefficient (Wildman–Crippen LogP) is 7.77. The molecular formula is C30H42N2. The van der Waals surface area contributed by atoms with Crippen LogP contribution in [0.25, 0.3) is 16.5 Å². The Morgan fingerprint density at radius 1 is 1.03 bits per heavy atom. The van der Waals surface area contributed by atoms with Crippen LogP contribution in [-0.2, 0) is 13.0 Å². The van der Waals surface area contributed by atoms with E-state index in [1.165, 1.54) is 58.1 Å². The van der Waals surface area contributed by atoms with Gasteiger partial charge in [-0.2, -0.15) is 0 Å². The van der Waals surface area contributed by atoms with Gasteiger partial charge in [-0.1, -0.05) is 76.2 Å². The monoisotopic (exact) mass is 430 g/mol. The zero-order valence-corrected chi connectivity index (χ0v) is 20.9. The Kier molecular flexibility index (Phi) is 8.75. The second-order valence-electron chi connectivity index (χ2n) is 9.39. The predicted molar refractivity (Wildman–Crippen MR) is 141 cm³/mol. The first-order valence-corrected chi connectivity index (χ1v) is 12.6. The van der Waals surface area contributed by atoms with Gasteiger partial charge in [0.25, 0.3) is 0 Å². The molecule has 0 spiro atoms. The number of benzene rings is 2. The smallest absolute Gasteiger partial charge is 0.0485 e. The Morgan fingerprint density at radius 2 is 1.75 bits per heavy atom. The van der Waals surface area contributed by atoms with E-state index in [0.29, 0.717) is 12.0 Å². The van der Waals surface area contributed by atoms with Crippen LogP contribution < -0.4 is 5.32 Å². The highest BCUT2D eigenvalue weighted by Gasteiger charge is 2.18. The lowest BCUT2D eigenvalue weighted by atomic mass is 9.98. The molecule has 172 valence electrons. The molecule has 0 bridgehead atoms. The number of allylic oxidation sites excluding steroid dienone is 1. The van der Waals surface area contributed by atoms with Gasteiger partial charge in [-0.15, -0.1) is 0 Å². The minimum atomic E-state index is 0.583. The van der Waals surface area contributed by atoms with Gasteiger partial charge in [0.1, 0.15) is 0 Å². The summed E-state index contributed by atoms with van der Waals surface area (Å²) in [4.78, 5) is 0. The van der Waals surface area contributed by atoms with Crippen LogP contribution in [0.15, 0.2) is 55.1 Å². The van der Waals surface area contributed by atoms with Gasteiger partial charge in [0.2, 0.25) is 0 Å². The van der Waals surface area contributed by atoms with Crippen LogP contribution in [0.1, 0.15) is 75.8 Å². The summed E-state index contributed by atoms with van der Waals surface area (Å²) >= 11 is 0. The van der Waals surface area contributed by atoms with Gasteiger partial charge in [0.05, 0.1) is 0 Å². The van der Waals surface area contributed by atoms with E-state index in [9.17, 15) is 0 Å².